The maximum atomic E-state index is 13.3. The van der Waals surface area contributed by atoms with E-state index in [0.29, 0.717) is 42.7 Å². The number of carbonyl (C=O) groups excluding carboxylic acids is 1. The van der Waals surface area contributed by atoms with Gasteiger partial charge in [-0.3, -0.25) is 9.36 Å². The van der Waals surface area contributed by atoms with Crippen LogP contribution < -0.4 is 0 Å². The van der Waals surface area contributed by atoms with E-state index >= 15 is 0 Å². The van der Waals surface area contributed by atoms with Crippen LogP contribution >= 0.6 is 0 Å². The molecule has 2 aromatic heterocycles. The molecular weight excluding hydrogens is 319 g/mol. The minimum absolute atomic E-state index is 0.105. The monoisotopic (exact) mass is 338 g/mol. The van der Waals surface area contributed by atoms with Crippen molar-refractivity contribution in [1.29, 1.82) is 0 Å². The normalized spacial score (nSPS) is 15.7. The fourth-order valence-corrected chi connectivity index (χ4v) is 3.15. The summed E-state index contributed by atoms with van der Waals surface area (Å²) in [6, 6.07) is 9.86. The Morgan fingerprint density at radius 1 is 1.16 bits per heavy atom. The van der Waals surface area contributed by atoms with Gasteiger partial charge < -0.3 is 4.90 Å². The van der Waals surface area contributed by atoms with Gasteiger partial charge in [0.25, 0.3) is 5.91 Å². The van der Waals surface area contributed by atoms with Crippen LogP contribution in [-0.4, -0.2) is 44.6 Å². The summed E-state index contributed by atoms with van der Waals surface area (Å²) in [6.45, 7) is 2.95. The van der Waals surface area contributed by atoms with Crippen LogP contribution in [0.3, 0.4) is 0 Å². The highest BCUT2D eigenvalue weighted by Gasteiger charge is 2.24. The zero-order valence-corrected chi connectivity index (χ0v) is 14.0. The van der Waals surface area contributed by atoms with Crippen molar-refractivity contribution in [3.8, 4) is 5.69 Å². The predicted octanol–water partition coefficient (Wildman–Crippen LogP) is 3.30. The second-order valence-corrected chi connectivity index (χ2v) is 6.48. The third kappa shape index (κ3) is 2.99. The number of likely N-dealkylation sites (tertiary alicyclic amines) is 1. The van der Waals surface area contributed by atoms with Crippen LogP contribution in [0.1, 0.15) is 28.8 Å². The number of hydrogen-bond donors (Lipinski definition) is 0. The van der Waals surface area contributed by atoms with Crippen molar-refractivity contribution in [2.45, 2.75) is 25.9 Å². The summed E-state index contributed by atoms with van der Waals surface area (Å²) < 4.78 is 15.2. The van der Waals surface area contributed by atoms with E-state index < -0.39 is 6.17 Å². The maximum absolute atomic E-state index is 13.3. The van der Waals surface area contributed by atoms with Gasteiger partial charge in [-0.1, -0.05) is 17.7 Å². The van der Waals surface area contributed by atoms with Gasteiger partial charge in [0, 0.05) is 25.0 Å². The van der Waals surface area contributed by atoms with E-state index in [9.17, 15) is 9.18 Å². The van der Waals surface area contributed by atoms with Crippen molar-refractivity contribution < 1.29 is 9.18 Å². The van der Waals surface area contributed by atoms with E-state index in [1.165, 1.54) is 5.56 Å². The molecule has 0 N–H and O–H groups in total. The summed E-state index contributed by atoms with van der Waals surface area (Å²) in [4.78, 5) is 23.1. The Kier molecular flexibility index (Phi) is 3.95. The molecule has 1 aliphatic heterocycles. The van der Waals surface area contributed by atoms with Crippen LogP contribution in [0, 0.1) is 6.92 Å². The van der Waals surface area contributed by atoms with Gasteiger partial charge in [-0.15, -0.1) is 0 Å². The van der Waals surface area contributed by atoms with Crippen molar-refractivity contribution in [3.05, 3.63) is 54.0 Å². The second kappa shape index (κ2) is 6.27. The van der Waals surface area contributed by atoms with Crippen molar-refractivity contribution >= 4 is 17.1 Å². The van der Waals surface area contributed by atoms with Gasteiger partial charge in [0.05, 0.1) is 5.56 Å². The minimum atomic E-state index is -0.796. The Morgan fingerprint density at radius 3 is 2.60 bits per heavy atom. The average Bonchev–Trinajstić information content (AvgIpc) is 3.05. The van der Waals surface area contributed by atoms with E-state index in [4.69, 9.17) is 0 Å². The van der Waals surface area contributed by atoms with Gasteiger partial charge in [0.2, 0.25) is 0 Å². The molecule has 0 spiro atoms. The first-order valence-corrected chi connectivity index (χ1v) is 8.45. The molecule has 1 aliphatic rings. The molecule has 3 heterocycles. The molecule has 1 saturated heterocycles. The van der Waals surface area contributed by atoms with E-state index in [0.717, 1.165) is 5.69 Å². The van der Waals surface area contributed by atoms with E-state index in [1.54, 1.807) is 23.5 Å². The fourth-order valence-electron chi connectivity index (χ4n) is 3.15. The standard InChI is InChI=1S/C19H19FN4O/c1-13-2-4-16(5-3-13)24-12-22-17-10-14(11-21-18(17)24)19(25)23-8-6-15(20)7-9-23/h2-5,10-12,15H,6-9H2,1H3. The lowest BCUT2D eigenvalue weighted by Crippen LogP contribution is -2.39. The molecule has 128 valence electrons. The number of amides is 1. The number of carbonyl (C=O) groups is 1. The molecule has 0 radical (unpaired) electrons. The van der Waals surface area contributed by atoms with E-state index in [1.807, 2.05) is 35.8 Å². The number of piperidine rings is 1. The molecule has 1 amide bonds. The van der Waals surface area contributed by atoms with Crippen LogP contribution in [0.2, 0.25) is 0 Å². The third-order valence-electron chi connectivity index (χ3n) is 4.66. The quantitative estimate of drug-likeness (QED) is 0.720. The molecule has 0 bridgehead atoms. The highest BCUT2D eigenvalue weighted by atomic mass is 19.1. The maximum Gasteiger partial charge on any atom is 0.255 e. The molecule has 0 saturated carbocycles. The van der Waals surface area contributed by atoms with E-state index in [-0.39, 0.29) is 5.91 Å². The molecule has 4 rings (SSSR count). The average molecular weight is 338 g/mol. The number of alkyl halides is 1. The summed E-state index contributed by atoms with van der Waals surface area (Å²) in [5.74, 6) is -0.105. The number of rotatable bonds is 2. The summed E-state index contributed by atoms with van der Waals surface area (Å²) in [5, 5.41) is 0. The highest BCUT2D eigenvalue weighted by molar-refractivity contribution is 5.96. The topological polar surface area (TPSA) is 51.0 Å². The van der Waals surface area contributed by atoms with Gasteiger partial charge in [-0.05, 0) is 38.0 Å². The first kappa shape index (κ1) is 15.7. The molecule has 5 nitrogen and oxygen atoms in total. The zero-order chi connectivity index (χ0) is 17.4. The Labute approximate surface area is 145 Å². The summed E-state index contributed by atoms with van der Waals surface area (Å²) in [6.07, 6.45) is 3.31. The Morgan fingerprint density at radius 2 is 1.88 bits per heavy atom. The number of halogens is 1. The summed E-state index contributed by atoms with van der Waals surface area (Å²) in [7, 11) is 0. The zero-order valence-electron chi connectivity index (χ0n) is 14.0. The number of hydrogen-bond acceptors (Lipinski definition) is 3. The lowest BCUT2D eigenvalue weighted by atomic mass is 10.1. The summed E-state index contributed by atoms with van der Waals surface area (Å²) >= 11 is 0. The molecule has 25 heavy (non-hydrogen) atoms. The number of aryl methyl sites for hydroxylation is 1. The van der Waals surface area contributed by atoms with Crippen LogP contribution in [0.5, 0.6) is 0 Å². The summed E-state index contributed by atoms with van der Waals surface area (Å²) in [5.41, 5.74) is 4.05. The largest absolute Gasteiger partial charge is 0.338 e. The smallest absolute Gasteiger partial charge is 0.255 e. The van der Waals surface area contributed by atoms with Crippen LogP contribution in [0.25, 0.3) is 16.9 Å². The molecule has 1 aromatic carbocycles. The SMILES string of the molecule is Cc1ccc(-n2cnc3cc(C(=O)N4CCC(F)CC4)cnc32)cc1. The molecule has 0 atom stereocenters. The molecular formula is C19H19FN4O. The van der Waals surface area contributed by atoms with Crippen LogP contribution in [0.15, 0.2) is 42.9 Å². The second-order valence-electron chi connectivity index (χ2n) is 6.48. The third-order valence-corrected chi connectivity index (χ3v) is 4.66. The molecule has 6 heteroatoms. The minimum Gasteiger partial charge on any atom is -0.338 e. The van der Waals surface area contributed by atoms with Crippen molar-refractivity contribution in [3.63, 3.8) is 0 Å². The molecule has 3 aromatic rings. The number of aromatic nitrogens is 3. The van der Waals surface area contributed by atoms with E-state index in [2.05, 4.69) is 9.97 Å². The van der Waals surface area contributed by atoms with Crippen molar-refractivity contribution in [2.75, 3.05) is 13.1 Å². The van der Waals surface area contributed by atoms with Gasteiger partial charge in [-0.25, -0.2) is 14.4 Å². The Balaban J connectivity index is 1.63. The number of imidazole rings is 1. The van der Waals surface area contributed by atoms with Gasteiger partial charge in [-0.2, -0.15) is 0 Å². The van der Waals surface area contributed by atoms with Crippen LogP contribution in [-0.2, 0) is 0 Å². The Bertz CT molecular complexity index is 911. The van der Waals surface area contributed by atoms with Crippen molar-refractivity contribution in [1.82, 2.24) is 19.4 Å². The molecule has 0 aliphatic carbocycles. The fraction of sp³-hybridized carbons (Fsp3) is 0.316. The van der Waals surface area contributed by atoms with Gasteiger partial charge in [0.15, 0.2) is 5.65 Å². The number of benzene rings is 1. The van der Waals surface area contributed by atoms with Crippen molar-refractivity contribution in [2.24, 2.45) is 0 Å². The van der Waals surface area contributed by atoms with Gasteiger partial charge >= 0.3 is 0 Å². The highest BCUT2D eigenvalue weighted by Crippen LogP contribution is 2.20. The predicted molar refractivity (Wildman–Crippen MR) is 93.6 cm³/mol. The molecule has 0 unspecified atom stereocenters. The first-order chi connectivity index (χ1) is 12.1. The Hall–Kier alpha value is -2.76. The molecule has 1 fully saturated rings. The number of fused-ring (bicyclic) bond motifs is 1. The lowest BCUT2D eigenvalue weighted by molar-refractivity contribution is 0.0666. The van der Waals surface area contributed by atoms with Crippen LogP contribution in [0.4, 0.5) is 4.39 Å². The van der Waals surface area contributed by atoms with Gasteiger partial charge in [0.1, 0.15) is 18.0 Å². The number of nitrogens with zero attached hydrogens (tertiary/aromatic N) is 4. The lowest BCUT2D eigenvalue weighted by Gasteiger charge is -2.28. The number of pyridine rings is 1. The first-order valence-electron chi connectivity index (χ1n) is 8.45.